The summed E-state index contributed by atoms with van der Waals surface area (Å²) in [6.07, 6.45) is 1.72. The molecule has 1 saturated heterocycles. The van der Waals surface area contributed by atoms with Crippen LogP contribution in [0.5, 0.6) is 11.5 Å². The van der Waals surface area contributed by atoms with Gasteiger partial charge in [-0.1, -0.05) is 24.3 Å². The number of nitrogens with zero attached hydrogens (tertiary/aromatic N) is 2. The number of hydrogen-bond donors (Lipinski definition) is 2. The second-order valence-electron chi connectivity index (χ2n) is 5.45. The molecule has 3 rings (SSSR count). The third kappa shape index (κ3) is 3.89. The molecule has 6 nitrogen and oxygen atoms in total. The average Bonchev–Trinajstić information content (AvgIpc) is 2.93. The molecule has 2 aromatic rings. The number of carbonyl (C=O) groups is 1. The second kappa shape index (κ2) is 8.07. The third-order valence-corrected chi connectivity index (χ3v) is 4.70. The van der Waals surface area contributed by atoms with Gasteiger partial charge in [0.05, 0.1) is 30.9 Å². The normalized spacial score (nSPS) is 17.3. The summed E-state index contributed by atoms with van der Waals surface area (Å²) in [6.45, 7) is 0.0220. The van der Waals surface area contributed by atoms with Crippen molar-refractivity contribution in [2.24, 2.45) is 4.99 Å². The highest BCUT2D eigenvalue weighted by Gasteiger charge is 2.33. The van der Waals surface area contributed by atoms with E-state index in [0.717, 1.165) is 11.3 Å². The summed E-state index contributed by atoms with van der Waals surface area (Å²) in [5.41, 5.74) is 1.46. The Kier molecular flexibility index (Phi) is 5.60. The number of methoxy groups -OCH3 is 1. The molecule has 0 aliphatic carbocycles. The number of benzene rings is 2. The third-order valence-electron chi connectivity index (χ3n) is 3.69. The molecule has 1 aliphatic heterocycles. The summed E-state index contributed by atoms with van der Waals surface area (Å²) in [6, 6.07) is 14.2. The van der Waals surface area contributed by atoms with Crippen molar-refractivity contribution in [3.8, 4) is 11.5 Å². The molecule has 0 unspecified atom stereocenters. The first-order valence-electron chi connectivity index (χ1n) is 7.95. The van der Waals surface area contributed by atoms with Crippen LogP contribution < -0.4 is 4.74 Å². The fraction of sp³-hybridized carbons (Fsp3) is 0.158. The Morgan fingerprint density at radius 3 is 2.69 bits per heavy atom. The average molecular weight is 370 g/mol. The van der Waals surface area contributed by atoms with Crippen molar-refractivity contribution < 1.29 is 19.7 Å². The zero-order valence-corrected chi connectivity index (χ0v) is 14.9. The molecule has 1 amide bonds. The van der Waals surface area contributed by atoms with Crippen LogP contribution >= 0.6 is 11.8 Å². The van der Waals surface area contributed by atoms with Crippen molar-refractivity contribution in [1.82, 2.24) is 4.90 Å². The van der Waals surface area contributed by atoms with Crippen LogP contribution in [0.2, 0.25) is 0 Å². The van der Waals surface area contributed by atoms with E-state index in [-0.39, 0.29) is 24.8 Å². The summed E-state index contributed by atoms with van der Waals surface area (Å²) >= 11 is 1.25. The molecule has 2 N–H and O–H groups in total. The molecule has 1 heterocycles. The first-order chi connectivity index (χ1) is 12.6. The van der Waals surface area contributed by atoms with E-state index in [1.54, 1.807) is 18.2 Å². The number of aliphatic hydroxyl groups excluding tert-OH is 1. The number of amidine groups is 1. The van der Waals surface area contributed by atoms with Crippen molar-refractivity contribution in [3.05, 3.63) is 59.0 Å². The van der Waals surface area contributed by atoms with Gasteiger partial charge < -0.3 is 14.9 Å². The number of thioether (sulfide) groups is 1. The maximum Gasteiger partial charge on any atom is 0.266 e. The van der Waals surface area contributed by atoms with Crippen LogP contribution in [0.15, 0.2) is 58.4 Å². The molecule has 0 spiro atoms. The van der Waals surface area contributed by atoms with E-state index in [0.29, 0.717) is 15.8 Å². The van der Waals surface area contributed by atoms with Crippen molar-refractivity contribution in [2.75, 3.05) is 20.3 Å². The number of aliphatic imine (C=N–C) groups is 1. The minimum Gasteiger partial charge on any atom is -0.504 e. The van der Waals surface area contributed by atoms with Gasteiger partial charge in [0, 0.05) is 0 Å². The Balaban J connectivity index is 1.94. The molecule has 0 saturated carbocycles. The maximum atomic E-state index is 12.7. The lowest BCUT2D eigenvalue weighted by atomic mass is 10.2. The minimum atomic E-state index is -0.217. The lowest BCUT2D eigenvalue weighted by Gasteiger charge is -2.13. The van der Waals surface area contributed by atoms with Gasteiger partial charge in [0.1, 0.15) is 0 Å². The van der Waals surface area contributed by atoms with Crippen LogP contribution in [0.1, 0.15) is 5.56 Å². The SMILES string of the molecule is COc1cc(/C=C2/SC(=Nc3ccccc3)N(CCO)C2=O)ccc1O. The largest absolute Gasteiger partial charge is 0.504 e. The molecule has 1 aliphatic rings. The fourth-order valence-electron chi connectivity index (χ4n) is 2.44. The van der Waals surface area contributed by atoms with E-state index in [9.17, 15) is 15.0 Å². The van der Waals surface area contributed by atoms with Gasteiger partial charge in [0.2, 0.25) is 0 Å². The summed E-state index contributed by atoms with van der Waals surface area (Å²) < 4.78 is 5.10. The van der Waals surface area contributed by atoms with E-state index in [4.69, 9.17) is 4.74 Å². The van der Waals surface area contributed by atoms with Gasteiger partial charge in [0.25, 0.3) is 5.91 Å². The lowest BCUT2D eigenvalue weighted by molar-refractivity contribution is -0.122. The Labute approximate surface area is 155 Å². The number of β-amino-alcohol motifs (C(OH)–C–C–N with tert-alkyl or cyclic N) is 1. The highest BCUT2D eigenvalue weighted by Crippen LogP contribution is 2.35. The van der Waals surface area contributed by atoms with Crippen LogP contribution in [-0.4, -0.2) is 46.4 Å². The van der Waals surface area contributed by atoms with Gasteiger partial charge in [-0.2, -0.15) is 0 Å². The van der Waals surface area contributed by atoms with Crippen molar-refractivity contribution >= 4 is 34.6 Å². The highest BCUT2D eigenvalue weighted by atomic mass is 32.2. The molecule has 2 aromatic carbocycles. The summed E-state index contributed by atoms with van der Waals surface area (Å²) in [4.78, 5) is 19.1. The zero-order chi connectivity index (χ0) is 18.5. The molecule has 7 heteroatoms. The Morgan fingerprint density at radius 1 is 1.23 bits per heavy atom. The lowest BCUT2D eigenvalue weighted by Crippen LogP contribution is -2.31. The maximum absolute atomic E-state index is 12.7. The van der Waals surface area contributed by atoms with Gasteiger partial charge in [0.15, 0.2) is 16.7 Å². The monoisotopic (exact) mass is 370 g/mol. The van der Waals surface area contributed by atoms with Gasteiger partial charge in [-0.3, -0.25) is 9.69 Å². The first kappa shape index (κ1) is 18.0. The standard InChI is InChI=1S/C19H18N2O4S/c1-25-16-11-13(7-8-15(16)23)12-17-18(24)21(9-10-22)19(26-17)20-14-5-3-2-4-6-14/h2-8,11-12,22-23H,9-10H2,1H3/b17-12+,20-19?. The predicted octanol–water partition coefficient (Wildman–Crippen LogP) is 3.00. The van der Waals surface area contributed by atoms with Gasteiger partial charge in [-0.15, -0.1) is 0 Å². The summed E-state index contributed by atoms with van der Waals surface area (Å²) in [7, 11) is 1.47. The quantitative estimate of drug-likeness (QED) is 0.791. The van der Waals surface area contributed by atoms with Gasteiger partial charge in [-0.25, -0.2) is 4.99 Å². The van der Waals surface area contributed by atoms with Crippen LogP contribution in [-0.2, 0) is 4.79 Å². The topological polar surface area (TPSA) is 82.4 Å². The number of aromatic hydroxyl groups is 1. The van der Waals surface area contributed by atoms with E-state index in [1.807, 2.05) is 30.3 Å². The number of para-hydroxylation sites is 1. The molecule has 0 bridgehead atoms. The summed E-state index contributed by atoms with van der Waals surface area (Å²) in [5.74, 6) is 0.152. The molecule has 0 radical (unpaired) electrons. The number of phenols is 1. The molecule has 0 aromatic heterocycles. The molecular formula is C19H18N2O4S. The second-order valence-corrected chi connectivity index (χ2v) is 6.46. The molecular weight excluding hydrogens is 352 g/mol. The number of carbonyl (C=O) groups excluding carboxylic acids is 1. The minimum absolute atomic E-state index is 0.0355. The number of phenolic OH excluding ortho intramolecular Hbond substituents is 1. The fourth-order valence-corrected chi connectivity index (χ4v) is 3.46. The van der Waals surface area contributed by atoms with E-state index in [1.165, 1.54) is 29.8 Å². The molecule has 26 heavy (non-hydrogen) atoms. The van der Waals surface area contributed by atoms with Gasteiger partial charge >= 0.3 is 0 Å². The smallest absolute Gasteiger partial charge is 0.266 e. The number of rotatable bonds is 5. The first-order valence-corrected chi connectivity index (χ1v) is 8.77. The number of amides is 1. The van der Waals surface area contributed by atoms with Crippen molar-refractivity contribution in [2.45, 2.75) is 0 Å². The number of ether oxygens (including phenoxy) is 1. The Morgan fingerprint density at radius 2 is 2.00 bits per heavy atom. The Bertz CT molecular complexity index is 865. The zero-order valence-electron chi connectivity index (χ0n) is 14.1. The Hall–Kier alpha value is -2.77. The highest BCUT2D eigenvalue weighted by molar-refractivity contribution is 8.18. The van der Waals surface area contributed by atoms with E-state index < -0.39 is 0 Å². The van der Waals surface area contributed by atoms with Crippen LogP contribution in [0, 0.1) is 0 Å². The van der Waals surface area contributed by atoms with Gasteiger partial charge in [-0.05, 0) is 47.7 Å². The van der Waals surface area contributed by atoms with Crippen molar-refractivity contribution in [1.29, 1.82) is 0 Å². The summed E-state index contributed by atoms with van der Waals surface area (Å²) in [5, 5.41) is 19.5. The van der Waals surface area contributed by atoms with E-state index >= 15 is 0 Å². The van der Waals surface area contributed by atoms with Crippen LogP contribution in [0.3, 0.4) is 0 Å². The molecule has 134 valence electrons. The number of aliphatic hydroxyl groups is 1. The number of hydrogen-bond acceptors (Lipinski definition) is 6. The van der Waals surface area contributed by atoms with Crippen LogP contribution in [0.4, 0.5) is 5.69 Å². The van der Waals surface area contributed by atoms with Crippen molar-refractivity contribution in [3.63, 3.8) is 0 Å². The predicted molar refractivity (Wildman–Crippen MR) is 103 cm³/mol. The van der Waals surface area contributed by atoms with E-state index in [2.05, 4.69) is 4.99 Å². The molecule has 1 fully saturated rings. The molecule has 0 atom stereocenters. The van der Waals surface area contributed by atoms with Crippen LogP contribution in [0.25, 0.3) is 6.08 Å².